The summed E-state index contributed by atoms with van der Waals surface area (Å²) in [5.74, 6) is 0. The number of anilines is 1. The molecule has 1 atom stereocenters. The lowest BCUT2D eigenvalue weighted by atomic mass is 10.2. The molecule has 0 saturated carbocycles. The Morgan fingerprint density at radius 3 is 3.11 bits per heavy atom. The summed E-state index contributed by atoms with van der Waals surface area (Å²) in [6.45, 7) is 1.17. The number of hydrogen-bond donors (Lipinski definition) is 3. The van der Waals surface area contributed by atoms with Gasteiger partial charge >= 0.3 is 6.09 Å². The molecular weight excluding hydrogens is 230 g/mol. The maximum Gasteiger partial charge on any atom is 0.407 e. The minimum Gasteiger partial charge on any atom is -0.465 e. The van der Waals surface area contributed by atoms with Crippen LogP contribution in [-0.2, 0) is 0 Å². The first kappa shape index (κ1) is 11.0. The molecule has 18 heavy (non-hydrogen) atoms. The van der Waals surface area contributed by atoms with Gasteiger partial charge in [0, 0.05) is 41.9 Å². The number of H-pyrrole nitrogens is 1. The number of nitrogens with zero attached hydrogens (tertiary/aromatic N) is 1. The van der Waals surface area contributed by atoms with Crippen LogP contribution >= 0.6 is 0 Å². The number of fused-ring (bicyclic) bond motifs is 1. The van der Waals surface area contributed by atoms with Gasteiger partial charge in [-0.1, -0.05) is 0 Å². The van der Waals surface area contributed by atoms with Crippen LogP contribution in [0.15, 0.2) is 30.5 Å². The van der Waals surface area contributed by atoms with Crippen LogP contribution in [0.2, 0.25) is 0 Å². The van der Waals surface area contributed by atoms with Crippen LogP contribution in [0.4, 0.5) is 10.5 Å². The fraction of sp³-hybridized carbons (Fsp3) is 0.308. The van der Waals surface area contributed by atoms with Crippen molar-refractivity contribution in [2.75, 3.05) is 18.4 Å². The van der Waals surface area contributed by atoms with Crippen molar-refractivity contribution in [2.24, 2.45) is 0 Å². The molecule has 1 aliphatic heterocycles. The minimum absolute atomic E-state index is 0.206. The Balaban J connectivity index is 1.71. The first-order valence-electron chi connectivity index (χ1n) is 6.04. The highest BCUT2D eigenvalue weighted by molar-refractivity contribution is 5.83. The molecular formula is C13H15N3O2. The number of amides is 1. The quantitative estimate of drug-likeness (QED) is 0.760. The van der Waals surface area contributed by atoms with Gasteiger partial charge < -0.3 is 20.3 Å². The van der Waals surface area contributed by atoms with Crippen LogP contribution in [0.3, 0.4) is 0 Å². The molecule has 1 saturated heterocycles. The highest BCUT2D eigenvalue weighted by Gasteiger charge is 2.25. The Hall–Kier alpha value is -2.17. The molecule has 1 amide bonds. The number of benzene rings is 1. The summed E-state index contributed by atoms with van der Waals surface area (Å²) in [6, 6.07) is 8.36. The van der Waals surface area contributed by atoms with Gasteiger partial charge in [0.1, 0.15) is 0 Å². The number of hydrogen-bond acceptors (Lipinski definition) is 2. The smallest absolute Gasteiger partial charge is 0.407 e. The molecule has 0 aliphatic carbocycles. The number of nitrogens with one attached hydrogen (secondary N) is 2. The maximum absolute atomic E-state index is 10.8. The number of carbonyl (C=O) groups is 1. The molecule has 1 aromatic heterocycles. The summed E-state index contributed by atoms with van der Waals surface area (Å²) in [4.78, 5) is 15.4. The summed E-state index contributed by atoms with van der Waals surface area (Å²) in [7, 11) is 0. The van der Waals surface area contributed by atoms with Crippen LogP contribution in [0.5, 0.6) is 0 Å². The van der Waals surface area contributed by atoms with Crippen molar-refractivity contribution in [3.8, 4) is 0 Å². The van der Waals surface area contributed by atoms with E-state index in [1.807, 2.05) is 24.4 Å². The van der Waals surface area contributed by atoms with Crippen molar-refractivity contribution in [1.82, 2.24) is 9.88 Å². The number of rotatable bonds is 2. The molecule has 1 aliphatic rings. The first-order chi connectivity index (χ1) is 8.72. The lowest BCUT2D eigenvalue weighted by Gasteiger charge is -2.15. The second-order valence-electron chi connectivity index (χ2n) is 4.64. The Labute approximate surface area is 104 Å². The molecule has 2 aromatic rings. The standard InChI is InChI=1S/C13H15N3O2/c17-13(18)16-6-4-11(8-16)15-10-1-2-12-9(7-10)3-5-14-12/h1-3,5,7,11,14-15H,4,6,8H2,(H,17,18). The van der Waals surface area contributed by atoms with Gasteiger partial charge in [-0.05, 0) is 30.7 Å². The fourth-order valence-corrected chi connectivity index (χ4v) is 2.43. The van der Waals surface area contributed by atoms with Crippen molar-refractivity contribution in [3.05, 3.63) is 30.5 Å². The lowest BCUT2D eigenvalue weighted by Crippen LogP contribution is -2.30. The molecule has 5 heteroatoms. The minimum atomic E-state index is -0.833. The molecule has 5 nitrogen and oxygen atoms in total. The normalized spacial score (nSPS) is 19.3. The Morgan fingerprint density at radius 1 is 1.44 bits per heavy atom. The van der Waals surface area contributed by atoms with Crippen molar-refractivity contribution in [2.45, 2.75) is 12.5 Å². The molecule has 0 spiro atoms. The average Bonchev–Trinajstić information content (AvgIpc) is 2.96. The van der Waals surface area contributed by atoms with Crippen molar-refractivity contribution < 1.29 is 9.90 Å². The molecule has 2 heterocycles. The van der Waals surface area contributed by atoms with E-state index in [1.54, 1.807) is 0 Å². The molecule has 3 N–H and O–H groups in total. The van der Waals surface area contributed by atoms with Crippen molar-refractivity contribution in [3.63, 3.8) is 0 Å². The van der Waals surface area contributed by atoms with E-state index < -0.39 is 6.09 Å². The average molecular weight is 245 g/mol. The van der Waals surface area contributed by atoms with Gasteiger partial charge in [0.2, 0.25) is 0 Å². The third-order valence-electron chi connectivity index (χ3n) is 3.38. The Kier molecular flexibility index (Phi) is 2.59. The Morgan fingerprint density at radius 2 is 2.33 bits per heavy atom. The lowest BCUT2D eigenvalue weighted by molar-refractivity contribution is 0.155. The first-order valence-corrected chi connectivity index (χ1v) is 6.04. The second kappa shape index (κ2) is 4.25. The summed E-state index contributed by atoms with van der Waals surface area (Å²) in [6.07, 6.45) is 1.94. The van der Waals surface area contributed by atoms with Crippen LogP contribution in [0, 0.1) is 0 Å². The zero-order valence-corrected chi connectivity index (χ0v) is 9.89. The predicted molar refractivity (Wildman–Crippen MR) is 69.9 cm³/mol. The van der Waals surface area contributed by atoms with Gasteiger partial charge in [0.05, 0.1) is 0 Å². The summed E-state index contributed by atoms with van der Waals surface area (Å²) in [5.41, 5.74) is 2.15. The van der Waals surface area contributed by atoms with Gasteiger partial charge in [0.25, 0.3) is 0 Å². The SMILES string of the molecule is O=C(O)N1CCC(Nc2ccc3[nH]ccc3c2)C1. The van der Waals surface area contributed by atoms with E-state index in [4.69, 9.17) is 5.11 Å². The van der Waals surface area contributed by atoms with Gasteiger partial charge in [-0.3, -0.25) is 0 Å². The Bertz CT molecular complexity index is 578. The molecule has 1 unspecified atom stereocenters. The van der Waals surface area contributed by atoms with Gasteiger partial charge in [-0.25, -0.2) is 4.79 Å². The molecule has 3 rings (SSSR count). The topological polar surface area (TPSA) is 68.4 Å². The third kappa shape index (κ3) is 1.99. The highest BCUT2D eigenvalue weighted by Crippen LogP contribution is 2.20. The largest absolute Gasteiger partial charge is 0.465 e. The van der Waals surface area contributed by atoms with Gasteiger partial charge in [-0.15, -0.1) is 0 Å². The fourth-order valence-electron chi connectivity index (χ4n) is 2.43. The number of aromatic nitrogens is 1. The van der Waals surface area contributed by atoms with E-state index in [9.17, 15) is 4.79 Å². The summed E-state index contributed by atoms with van der Waals surface area (Å²) >= 11 is 0. The number of carboxylic acid groups (broad SMARTS) is 1. The molecule has 0 bridgehead atoms. The van der Waals surface area contributed by atoms with Gasteiger partial charge in [-0.2, -0.15) is 0 Å². The summed E-state index contributed by atoms with van der Waals surface area (Å²) < 4.78 is 0. The number of likely N-dealkylation sites (tertiary alicyclic amines) is 1. The van der Waals surface area contributed by atoms with E-state index in [2.05, 4.69) is 16.4 Å². The van der Waals surface area contributed by atoms with E-state index in [0.29, 0.717) is 13.1 Å². The zero-order chi connectivity index (χ0) is 12.5. The van der Waals surface area contributed by atoms with E-state index >= 15 is 0 Å². The monoisotopic (exact) mass is 245 g/mol. The summed E-state index contributed by atoms with van der Waals surface area (Å²) in [5, 5.41) is 13.5. The predicted octanol–water partition coefficient (Wildman–Crippen LogP) is 2.33. The van der Waals surface area contributed by atoms with Crippen LogP contribution in [0.25, 0.3) is 10.9 Å². The van der Waals surface area contributed by atoms with E-state index in [-0.39, 0.29) is 6.04 Å². The van der Waals surface area contributed by atoms with Crippen LogP contribution in [0.1, 0.15) is 6.42 Å². The zero-order valence-electron chi connectivity index (χ0n) is 9.89. The van der Waals surface area contributed by atoms with Crippen molar-refractivity contribution >= 4 is 22.7 Å². The second-order valence-corrected chi connectivity index (χ2v) is 4.64. The molecule has 1 fully saturated rings. The number of aromatic amines is 1. The van der Waals surface area contributed by atoms with Crippen molar-refractivity contribution in [1.29, 1.82) is 0 Å². The molecule has 0 radical (unpaired) electrons. The molecule has 1 aromatic carbocycles. The van der Waals surface area contributed by atoms with Crippen LogP contribution < -0.4 is 5.32 Å². The highest BCUT2D eigenvalue weighted by atomic mass is 16.4. The van der Waals surface area contributed by atoms with Crippen LogP contribution in [-0.4, -0.2) is 40.2 Å². The van der Waals surface area contributed by atoms with E-state index in [0.717, 1.165) is 23.0 Å². The van der Waals surface area contributed by atoms with E-state index in [1.165, 1.54) is 4.90 Å². The maximum atomic E-state index is 10.8. The third-order valence-corrected chi connectivity index (χ3v) is 3.38. The van der Waals surface area contributed by atoms with Gasteiger partial charge in [0.15, 0.2) is 0 Å². The molecule has 94 valence electrons.